The van der Waals surface area contributed by atoms with Crippen molar-refractivity contribution in [3.63, 3.8) is 0 Å². The molecule has 1 heterocycles. The smallest absolute Gasteiger partial charge is 0.407 e. The summed E-state index contributed by atoms with van der Waals surface area (Å²) in [5.41, 5.74) is 1.47. The molecule has 0 bridgehead atoms. The molecule has 2 N–H and O–H groups in total. The van der Waals surface area contributed by atoms with Gasteiger partial charge >= 0.3 is 6.09 Å². The minimum Gasteiger partial charge on any atom is -0.444 e. The van der Waals surface area contributed by atoms with Crippen LogP contribution in [-0.2, 0) is 24.1 Å². The van der Waals surface area contributed by atoms with E-state index in [0.29, 0.717) is 12.0 Å². The van der Waals surface area contributed by atoms with Gasteiger partial charge in [0, 0.05) is 5.56 Å². The van der Waals surface area contributed by atoms with Crippen LogP contribution in [0.25, 0.3) is 0 Å². The van der Waals surface area contributed by atoms with Crippen LogP contribution in [0.3, 0.4) is 0 Å². The highest BCUT2D eigenvalue weighted by Gasteiger charge is 2.17. The summed E-state index contributed by atoms with van der Waals surface area (Å²) in [6, 6.07) is 0. The lowest BCUT2D eigenvalue weighted by Crippen LogP contribution is -2.34. The Morgan fingerprint density at radius 1 is 1.25 bits per heavy atom. The number of alkyl carbamates (subject to hydrolysis) is 1. The van der Waals surface area contributed by atoms with Crippen molar-refractivity contribution in [1.82, 2.24) is 15.5 Å². The van der Waals surface area contributed by atoms with Gasteiger partial charge in [-0.2, -0.15) is 5.10 Å². The van der Waals surface area contributed by atoms with Crippen molar-refractivity contribution < 1.29 is 9.53 Å². The van der Waals surface area contributed by atoms with Gasteiger partial charge in [0.05, 0.1) is 12.2 Å². The predicted octanol–water partition coefficient (Wildman–Crippen LogP) is 1.92. The highest BCUT2D eigenvalue weighted by atomic mass is 16.6. The standard InChI is InChI=1S/C14H23N3O3/c1-6-9-10(12(18)17-16-11(9)7-2)8-15-13(19)20-14(3,4)5/h6-8H2,1-5H3,(H,15,19)(H,17,18). The molecule has 0 aliphatic carbocycles. The Labute approximate surface area is 118 Å². The molecule has 1 aromatic rings. The number of amides is 1. The molecule has 0 unspecified atom stereocenters. The fourth-order valence-corrected chi connectivity index (χ4v) is 1.94. The van der Waals surface area contributed by atoms with Crippen molar-refractivity contribution in [3.05, 3.63) is 27.2 Å². The molecule has 0 saturated heterocycles. The summed E-state index contributed by atoms with van der Waals surface area (Å²) >= 11 is 0. The van der Waals surface area contributed by atoms with Gasteiger partial charge in [0.15, 0.2) is 0 Å². The van der Waals surface area contributed by atoms with Crippen molar-refractivity contribution in [2.45, 2.75) is 59.6 Å². The second-order valence-electron chi connectivity index (χ2n) is 5.52. The molecule has 1 rings (SSSR count). The van der Waals surface area contributed by atoms with E-state index in [1.54, 1.807) is 20.8 Å². The lowest BCUT2D eigenvalue weighted by atomic mass is 10.0. The van der Waals surface area contributed by atoms with E-state index in [-0.39, 0.29) is 12.1 Å². The van der Waals surface area contributed by atoms with E-state index in [2.05, 4.69) is 15.5 Å². The fraction of sp³-hybridized carbons (Fsp3) is 0.643. The number of nitrogens with one attached hydrogen (secondary N) is 2. The molecule has 0 aliphatic heterocycles. The molecule has 0 fully saturated rings. The maximum absolute atomic E-state index is 11.9. The van der Waals surface area contributed by atoms with Crippen LogP contribution in [0.4, 0.5) is 4.79 Å². The van der Waals surface area contributed by atoms with Gasteiger partial charge in [-0.15, -0.1) is 0 Å². The number of carbonyl (C=O) groups excluding carboxylic acids is 1. The van der Waals surface area contributed by atoms with Crippen LogP contribution in [0.15, 0.2) is 4.79 Å². The molecule has 1 aromatic heterocycles. The summed E-state index contributed by atoms with van der Waals surface area (Å²) in [5.74, 6) is 0. The van der Waals surface area contributed by atoms with Gasteiger partial charge in [-0.1, -0.05) is 13.8 Å². The van der Waals surface area contributed by atoms with Crippen LogP contribution in [0.2, 0.25) is 0 Å². The first kappa shape index (κ1) is 16.2. The number of nitrogens with zero attached hydrogens (tertiary/aromatic N) is 1. The van der Waals surface area contributed by atoms with Crippen LogP contribution in [-0.4, -0.2) is 21.9 Å². The van der Waals surface area contributed by atoms with E-state index in [1.807, 2.05) is 13.8 Å². The maximum atomic E-state index is 11.9. The van der Waals surface area contributed by atoms with Crippen molar-refractivity contribution in [2.75, 3.05) is 0 Å². The lowest BCUT2D eigenvalue weighted by molar-refractivity contribution is 0.0523. The molecule has 0 atom stereocenters. The maximum Gasteiger partial charge on any atom is 0.407 e. The van der Waals surface area contributed by atoms with E-state index < -0.39 is 11.7 Å². The van der Waals surface area contributed by atoms with Crippen LogP contribution in [0, 0.1) is 0 Å². The van der Waals surface area contributed by atoms with Gasteiger partial charge < -0.3 is 10.1 Å². The summed E-state index contributed by atoms with van der Waals surface area (Å²) in [5, 5.41) is 9.12. The van der Waals surface area contributed by atoms with Crippen molar-refractivity contribution in [3.8, 4) is 0 Å². The van der Waals surface area contributed by atoms with Gasteiger partial charge in [0.25, 0.3) is 5.56 Å². The first-order valence-corrected chi connectivity index (χ1v) is 6.84. The molecular weight excluding hydrogens is 258 g/mol. The molecule has 1 amide bonds. The minimum absolute atomic E-state index is 0.142. The third-order valence-corrected chi connectivity index (χ3v) is 2.78. The van der Waals surface area contributed by atoms with E-state index in [9.17, 15) is 9.59 Å². The monoisotopic (exact) mass is 281 g/mol. The summed E-state index contributed by atoms with van der Waals surface area (Å²) in [6.07, 6.45) is 0.902. The summed E-state index contributed by atoms with van der Waals surface area (Å²) in [4.78, 5) is 23.5. The number of aromatic nitrogens is 2. The van der Waals surface area contributed by atoms with Crippen molar-refractivity contribution >= 4 is 6.09 Å². The van der Waals surface area contributed by atoms with Gasteiger partial charge in [-0.05, 0) is 39.2 Å². The second-order valence-corrected chi connectivity index (χ2v) is 5.52. The quantitative estimate of drug-likeness (QED) is 0.883. The number of carbonyl (C=O) groups is 1. The molecule has 20 heavy (non-hydrogen) atoms. The topological polar surface area (TPSA) is 84.1 Å². The summed E-state index contributed by atoms with van der Waals surface area (Å²) in [6.45, 7) is 9.45. The lowest BCUT2D eigenvalue weighted by Gasteiger charge is -2.20. The zero-order valence-electron chi connectivity index (χ0n) is 12.8. The normalized spacial score (nSPS) is 11.2. The van der Waals surface area contributed by atoms with Crippen LogP contribution < -0.4 is 10.9 Å². The number of aromatic amines is 1. The summed E-state index contributed by atoms with van der Waals surface area (Å²) < 4.78 is 5.15. The summed E-state index contributed by atoms with van der Waals surface area (Å²) in [7, 11) is 0. The minimum atomic E-state index is -0.559. The first-order chi connectivity index (χ1) is 9.28. The van der Waals surface area contributed by atoms with Gasteiger partial charge in [0.1, 0.15) is 5.60 Å². The Kier molecular flexibility index (Phi) is 5.30. The van der Waals surface area contributed by atoms with E-state index in [4.69, 9.17) is 4.74 Å². The number of hydrogen-bond acceptors (Lipinski definition) is 4. The zero-order chi connectivity index (χ0) is 15.3. The number of rotatable bonds is 4. The van der Waals surface area contributed by atoms with Crippen molar-refractivity contribution in [2.24, 2.45) is 0 Å². The molecule has 0 aliphatic rings. The zero-order valence-corrected chi connectivity index (χ0v) is 12.8. The predicted molar refractivity (Wildman–Crippen MR) is 76.7 cm³/mol. The molecule has 0 spiro atoms. The Morgan fingerprint density at radius 2 is 1.90 bits per heavy atom. The molecule has 6 heteroatoms. The molecular formula is C14H23N3O3. The van der Waals surface area contributed by atoms with Crippen LogP contribution in [0.5, 0.6) is 0 Å². The van der Waals surface area contributed by atoms with E-state index in [0.717, 1.165) is 17.7 Å². The number of H-pyrrole nitrogens is 1. The molecule has 0 radical (unpaired) electrons. The highest BCUT2D eigenvalue weighted by Crippen LogP contribution is 2.11. The fourth-order valence-electron chi connectivity index (χ4n) is 1.94. The third-order valence-electron chi connectivity index (χ3n) is 2.78. The largest absolute Gasteiger partial charge is 0.444 e. The van der Waals surface area contributed by atoms with Crippen LogP contribution >= 0.6 is 0 Å². The Balaban J connectivity index is 2.87. The number of hydrogen-bond donors (Lipinski definition) is 2. The SMILES string of the molecule is CCc1n[nH]c(=O)c(CNC(=O)OC(C)(C)C)c1CC. The van der Waals surface area contributed by atoms with Gasteiger partial charge in [0.2, 0.25) is 0 Å². The second kappa shape index (κ2) is 6.54. The average molecular weight is 281 g/mol. The Morgan fingerprint density at radius 3 is 2.40 bits per heavy atom. The molecule has 0 aromatic carbocycles. The molecule has 112 valence electrons. The third kappa shape index (κ3) is 4.36. The van der Waals surface area contributed by atoms with Crippen molar-refractivity contribution in [1.29, 1.82) is 0 Å². The first-order valence-electron chi connectivity index (χ1n) is 6.84. The molecule has 6 nitrogen and oxygen atoms in total. The molecule has 0 saturated carbocycles. The van der Waals surface area contributed by atoms with E-state index in [1.165, 1.54) is 0 Å². The Hall–Kier alpha value is -1.85. The number of ether oxygens (including phenoxy) is 1. The van der Waals surface area contributed by atoms with Crippen LogP contribution in [0.1, 0.15) is 51.4 Å². The van der Waals surface area contributed by atoms with Gasteiger partial charge in [-0.3, -0.25) is 4.79 Å². The Bertz CT molecular complexity index is 529. The van der Waals surface area contributed by atoms with E-state index >= 15 is 0 Å². The average Bonchev–Trinajstić information content (AvgIpc) is 2.34. The number of aryl methyl sites for hydroxylation is 1. The van der Waals surface area contributed by atoms with Gasteiger partial charge in [-0.25, -0.2) is 9.89 Å². The highest BCUT2D eigenvalue weighted by molar-refractivity contribution is 5.67.